The van der Waals surface area contributed by atoms with Crippen molar-refractivity contribution in [2.45, 2.75) is 31.6 Å². The van der Waals surface area contributed by atoms with E-state index >= 15 is 0 Å². The summed E-state index contributed by atoms with van der Waals surface area (Å²) in [5.41, 5.74) is 0.659. The molecule has 128 valence electrons. The van der Waals surface area contributed by atoms with E-state index in [0.29, 0.717) is 17.4 Å². The number of nitrogens with zero attached hydrogens (tertiary/aromatic N) is 3. The Morgan fingerprint density at radius 1 is 1.17 bits per heavy atom. The largest absolute Gasteiger partial charge is 0.454 e. The van der Waals surface area contributed by atoms with Crippen LogP contribution in [-0.2, 0) is 5.92 Å². The number of hydrogen-bond donors (Lipinski definition) is 0. The Bertz CT molecular complexity index is 677. The number of likely N-dealkylation sites (tertiary alicyclic amines) is 1. The Balaban J connectivity index is 1.78. The molecule has 0 radical (unpaired) electrons. The SMILES string of the molecule is CN1CCC(c2ncccc2Oc2ccc(C(C)(F)F)nc2)CC1. The Morgan fingerprint density at radius 2 is 1.92 bits per heavy atom. The summed E-state index contributed by atoms with van der Waals surface area (Å²) in [6, 6.07) is 6.49. The molecular weight excluding hydrogens is 312 g/mol. The van der Waals surface area contributed by atoms with Gasteiger partial charge in [-0.15, -0.1) is 0 Å². The van der Waals surface area contributed by atoms with E-state index in [-0.39, 0.29) is 5.69 Å². The second-order valence-electron chi connectivity index (χ2n) is 6.33. The lowest BCUT2D eigenvalue weighted by Crippen LogP contribution is -2.29. The summed E-state index contributed by atoms with van der Waals surface area (Å²) in [6.45, 7) is 2.89. The van der Waals surface area contributed by atoms with Crippen molar-refractivity contribution in [3.05, 3.63) is 48.0 Å². The minimum Gasteiger partial charge on any atom is -0.454 e. The second kappa shape index (κ2) is 6.81. The maximum Gasteiger partial charge on any atom is 0.286 e. The molecule has 0 aliphatic carbocycles. The predicted molar refractivity (Wildman–Crippen MR) is 87.6 cm³/mol. The number of halogens is 2. The van der Waals surface area contributed by atoms with Crippen LogP contribution in [0.25, 0.3) is 0 Å². The van der Waals surface area contributed by atoms with Crippen LogP contribution in [0.2, 0.25) is 0 Å². The molecule has 0 N–H and O–H groups in total. The smallest absolute Gasteiger partial charge is 0.286 e. The molecule has 1 fully saturated rings. The minimum atomic E-state index is -2.95. The molecule has 0 bridgehead atoms. The highest BCUT2D eigenvalue weighted by Gasteiger charge is 2.26. The summed E-state index contributed by atoms with van der Waals surface area (Å²) in [6.07, 6.45) is 5.16. The highest BCUT2D eigenvalue weighted by molar-refractivity contribution is 5.35. The van der Waals surface area contributed by atoms with E-state index in [1.165, 1.54) is 18.3 Å². The molecule has 1 saturated heterocycles. The molecule has 3 rings (SSSR count). The fourth-order valence-electron chi connectivity index (χ4n) is 2.90. The van der Waals surface area contributed by atoms with Crippen LogP contribution < -0.4 is 4.74 Å². The molecule has 0 unspecified atom stereocenters. The number of hydrogen-bond acceptors (Lipinski definition) is 4. The van der Waals surface area contributed by atoms with Gasteiger partial charge < -0.3 is 9.64 Å². The van der Waals surface area contributed by atoms with Crippen molar-refractivity contribution in [2.75, 3.05) is 20.1 Å². The fraction of sp³-hybridized carbons (Fsp3) is 0.444. The summed E-state index contributed by atoms with van der Waals surface area (Å²) < 4.78 is 32.3. The lowest BCUT2D eigenvalue weighted by Gasteiger charge is -2.29. The van der Waals surface area contributed by atoms with Gasteiger partial charge in [-0.3, -0.25) is 9.97 Å². The van der Waals surface area contributed by atoms with Gasteiger partial charge >= 0.3 is 0 Å². The third kappa shape index (κ3) is 3.87. The average Bonchev–Trinajstić information content (AvgIpc) is 2.56. The lowest BCUT2D eigenvalue weighted by atomic mass is 9.93. The lowest BCUT2D eigenvalue weighted by molar-refractivity contribution is 0.0127. The number of rotatable bonds is 4. The van der Waals surface area contributed by atoms with Crippen molar-refractivity contribution in [3.8, 4) is 11.5 Å². The maximum atomic E-state index is 13.2. The van der Waals surface area contributed by atoms with Gasteiger partial charge in [0.1, 0.15) is 17.2 Å². The van der Waals surface area contributed by atoms with E-state index in [0.717, 1.165) is 38.5 Å². The molecule has 0 atom stereocenters. The Morgan fingerprint density at radius 3 is 2.54 bits per heavy atom. The van der Waals surface area contributed by atoms with Crippen molar-refractivity contribution in [3.63, 3.8) is 0 Å². The molecule has 2 aromatic heterocycles. The van der Waals surface area contributed by atoms with Crippen molar-refractivity contribution in [1.29, 1.82) is 0 Å². The standard InChI is InChI=1S/C18H21F2N3O/c1-18(19,20)16-6-5-14(12-22-16)24-15-4-3-9-21-17(15)13-7-10-23(2)11-8-13/h3-6,9,12-13H,7-8,10-11H2,1-2H3. The van der Waals surface area contributed by atoms with E-state index in [9.17, 15) is 8.78 Å². The van der Waals surface area contributed by atoms with E-state index in [1.54, 1.807) is 6.20 Å². The average molecular weight is 333 g/mol. The molecule has 3 heterocycles. The number of alkyl halides is 2. The van der Waals surface area contributed by atoms with Crippen LogP contribution >= 0.6 is 0 Å². The number of ether oxygens (including phenoxy) is 1. The fourth-order valence-corrected chi connectivity index (χ4v) is 2.90. The first-order valence-corrected chi connectivity index (χ1v) is 8.09. The van der Waals surface area contributed by atoms with Crippen LogP contribution in [0.4, 0.5) is 8.78 Å². The minimum absolute atomic E-state index is 0.267. The van der Waals surface area contributed by atoms with Gasteiger partial charge in [0.2, 0.25) is 0 Å². The third-order valence-corrected chi connectivity index (χ3v) is 4.32. The van der Waals surface area contributed by atoms with Crippen LogP contribution in [-0.4, -0.2) is 35.0 Å². The van der Waals surface area contributed by atoms with Crippen molar-refractivity contribution in [2.24, 2.45) is 0 Å². The zero-order valence-electron chi connectivity index (χ0n) is 13.9. The summed E-state index contributed by atoms with van der Waals surface area (Å²) >= 11 is 0. The van der Waals surface area contributed by atoms with E-state index < -0.39 is 5.92 Å². The highest BCUT2D eigenvalue weighted by Crippen LogP contribution is 2.35. The number of pyridine rings is 2. The highest BCUT2D eigenvalue weighted by atomic mass is 19.3. The van der Waals surface area contributed by atoms with Gasteiger partial charge in [0.05, 0.1) is 11.9 Å². The molecule has 6 heteroatoms. The van der Waals surface area contributed by atoms with Gasteiger partial charge in [-0.2, -0.15) is 8.78 Å². The molecule has 4 nitrogen and oxygen atoms in total. The monoisotopic (exact) mass is 333 g/mol. The van der Waals surface area contributed by atoms with Gasteiger partial charge in [0.25, 0.3) is 5.92 Å². The molecule has 2 aromatic rings. The Kier molecular flexibility index (Phi) is 4.76. The van der Waals surface area contributed by atoms with Gasteiger partial charge in [-0.25, -0.2) is 0 Å². The molecule has 0 amide bonds. The van der Waals surface area contributed by atoms with Crippen molar-refractivity contribution >= 4 is 0 Å². The molecule has 0 aromatic carbocycles. The molecule has 24 heavy (non-hydrogen) atoms. The summed E-state index contributed by atoms with van der Waals surface area (Å²) in [5.74, 6) is -1.49. The first kappa shape index (κ1) is 16.8. The summed E-state index contributed by atoms with van der Waals surface area (Å²) in [4.78, 5) is 10.6. The number of aromatic nitrogens is 2. The van der Waals surface area contributed by atoms with Gasteiger partial charge in [0, 0.05) is 19.0 Å². The summed E-state index contributed by atoms with van der Waals surface area (Å²) in [7, 11) is 2.11. The molecular formula is C18H21F2N3O. The van der Waals surface area contributed by atoms with Crippen molar-refractivity contribution in [1.82, 2.24) is 14.9 Å². The molecule has 0 saturated carbocycles. The van der Waals surface area contributed by atoms with E-state index in [1.807, 2.05) is 12.1 Å². The topological polar surface area (TPSA) is 38.2 Å². The van der Waals surface area contributed by atoms with Crippen LogP contribution in [0.5, 0.6) is 11.5 Å². The Labute approximate surface area is 140 Å². The molecule has 1 aliphatic heterocycles. The summed E-state index contributed by atoms with van der Waals surface area (Å²) in [5, 5.41) is 0. The second-order valence-corrected chi connectivity index (χ2v) is 6.33. The third-order valence-electron chi connectivity index (χ3n) is 4.32. The molecule has 1 aliphatic rings. The van der Waals surface area contributed by atoms with Crippen LogP contribution in [0.15, 0.2) is 36.7 Å². The zero-order valence-corrected chi connectivity index (χ0v) is 13.9. The zero-order chi connectivity index (χ0) is 17.2. The van der Waals surface area contributed by atoms with Crippen LogP contribution in [0.1, 0.15) is 37.1 Å². The van der Waals surface area contributed by atoms with E-state index in [4.69, 9.17) is 4.74 Å². The van der Waals surface area contributed by atoms with Gasteiger partial charge in [-0.1, -0.05) is 0 Å². The first-order valence-electron chi connectivity index (χ1n) is 8.09. The normalized spacial score (nSPS) is 17.0. The predicted octanol–water partition coefficient (Wildman–Crippen LogP) is 4.19. The Hall–Kier alpha value is -2.08. The van der Waals surface area contributed by atoms with Crippen LogP contribution in [0, 0.1) is 0 Å². The van der Waals surface area contributed by atoms with Crippen LogP contribution in [0.3, 0.4) is 0 Å². The van der Waals surface area contributed by atoms with Crippen molar-refractivity contribution < 1.29 is 13.5 Å². The number of piperidine rings is 1. The maximum absolute atomic E-state index is 13.2. The van der Waals surface area contributed by atoms with E-state index in [2.05, 4.69) is 21.9 Å². The quantitative estimate of drug-likeness (QED) is 0.841. The first-order chi connectivity index (χ1) is 11.4. The van der Waals surface area contributed by atoms with Gasteiger partial charge in [-0.05, 0) is 57.2 Å². The van der Waals surface area contributed by atoms with Gasteiger partial charge in [0.15, 0.2) is 0 Å². The molecule has 0 spiro atoms.